The van der Waals surface area contributed by atoms with E-state index in [4.69, 9.17) is 28.6 Å². The van der Waals surface area contributed by atoms with Crippen LogP contribution in [0.2, 0.25) is 0 Å². The SMILES string of the molecule is CC1(C)OB(c2ccc3c(c2)c(C2=CCC4(CC2)OCCO4)nn3C2CCCCO2)OC1(C)C. The maximum Gasteiger partial charge on any atom is 0.494 e. The summed E-state index contributed by atoms with van der Waals surface area (Å²) in [6.45, 7) is 10.5. The minimum absolute atomic E-state index is 0.0234. The van der Waals surface area contributed by atoms with Gasteiger partial charge in [0.25, 0.3) is 0 Å². The van der Waals surface area contributed by atoms with Crippen LogP contribution < -0.4 is 5.46 Å². The number of hydrogen-bond donors (Lipinski definition) is 0. The highest BCUT2D eigenvalue weighted by Crippen LogP contribution is 2.41. The number of hydrogen-bond acceptors (Lipinski definition) is 6. The Balaban J connectivity index is 1.40. The molecule has 7 nitrogen and oxygen atoms in total. The first kappa shape index (κ1) is 22.7. The van der Waals surface area contributed by atoms with Crippen LogP contribution in [0, 0.1) is 0 Å². The van der Waals surface area contributed by atoms with E-state index in [-0.39, 0.29) is 17.4 Å². The third-order valence-corrected chi connectivity index (χ3v) is 8.24. The Bertz CT molecular complexity index is 1100. The number of allylic oxidation sites excluding steroid dienone is 1. The van der Waals surface area contributed by atoms with Crippen molar-refractivity contribution in [1.82, 2.24) is 9.78 Å². The Labute approximate surface area is 201 Å². The lowest BCUT2D eigenvalue weighted by molar-refractivity contribution is -0.159. The van der Waals surface area contributed by atoms with Gasteiger partial charge in [-0.15, -0.1) is 0 Å². The summed E-state index contributed by atoms with van der Waals surface area (Å²) >= 11 is 0. The van der Waals surface area contributed by atoms with Crippen LogP contribution in [-0.2, 0) is 23.5 Å². The molecule has 34 heavy (non-hydrogen) atoms. The van der Waals surface area contributed by atoms with Crippen molar-refractivity contribution in [3.63, 3.8) is 0 Å². The number of aromatic nitrogens is 2. The Morgan fingerprint density at radius 2 is 1.76 bits per heavy atom. The topological polar surface area (TPSA) is 64.0 Å². The van der Waals surface area contributed by atoms with E-state index in [9.17, 15) is 0 Å². The molecule has 2 aromatic rings. The molecule has 0 bridgehead atoms. The monoisotopic (exact) mass is 466 g/mol. The van der Waals surface area contributed by atoms with Crippen molar-refractivity contribution in [2.75, 3.05) is 19.8 Å². The zero-order valence-corrected chi connectivity index (χ0v) is 20.8. The third-order valence-electron chi connectivity index (χ3n) is 8.24. The molecule has 1 aliphatic carbocycles. The lowest BCUT2D eigenvalue weighted by Crippen LogP contribution is -2.41. The number of nitrogens with zero attached hydrogens (tertiary/aromatic N) is 2. The second-order valence-electron chi connectivity index (χ2n) is 11.0. The Hall–Kier alpha value is -1.71. The molecule has 4 aliphatic rings. The summed E-state index contributed by atoms with van der Waals surface area (Å²) in [5.41, 5.74) is 3.63. The molecule has 1 aromatic carbocycles. The molecule has 0 saturated carbocycles. The second-order valence-corrected chi connectivity index (χ2v) is 11.0. The number of fused-ring (bicyclic) bond motifs is 1. The van der Waals surface area contributed by atoms with E-state index in [1.54, 1.807) is 0 Å². The molecule has 3 saturated heterocycles. The normalized spacial score (nSPS) is 28.1. The van der Waals surface area contributed by atoms with Gasteiger partial charge < -0.3 is 23.5 Å². The summed E-state index contributed by atoms with van der Waals surface area (Å²) in [6.07, 6.45) is 7.97. The zero-order chi connectivity index (χ0) is 23.6. The molecule has 6 rings (SSSR count). The van der Waals surface area contributed by atoms with E-state index in [1.165, 1.54) is 5.57 Å². The van der Waals surface area contributed by atoms with E-state index in [1.807, 2.05) is 0 Å². The van der Waals surface area contributed by atoms with Crippen LogP contribution in [0.15, 0.2) is 24.3 Å². The highest BCUT2D eigenvalue weighted by atomic mass is 16.7. The molecular weight excluding hydrogens is 431 g/mol. The highest BCUT2D eigenvalue weighted by Gasteiger charge is 2.51. The van der Waals surface area contributed by atoms with Crippen molar-refractivity contribution in [3.8, 4) is 0 Å². The Morgan fingerprint density at radius 3 is 2.41 bits per heavy atom. The van der Waals surface area contributed by atoms with E-state index >= 15 is 0 Å². The Kier molecular flexibility index (Phi) is 5.46. The lowest BCUT2D eigenvalue weighted by Gasteiger charge is -2.32. The third kappa shape index (κ3) is 3.75. The number of rotatable bonds is 3. The minimum atomic E-state index is -0.442. The molecule has 0 N–H and O–H groups in total. The zero-order valence-electron chi connectivity index (χ0n) is 20.8. The summed E-state index contributed by atoms with van der Waals surface area (Å²) in [4.78, 5) is 0. The fourth-order valence-corrected chi connectivity index (χ4v) is 5.44. The predicted molar refractivity (Wildman–Crippen MR) is 131 cm³/mol. The molecule has 1 unspecified atom stereocenters. The smallest absolute Gasteiger partial charge is 0.399 e. The maximum atomic E-state index is 6.35. The summed E-state index contributed by atoms with van der Waals surface area (Å²) in [5, 5.41) is 6.26. The van der Waals surface area contributed by atoms with Crippen molar-refractivity contribution < 1.29 is 23.5 Å². The Morgan fingerprint density at radius 1 is 1.00 bits per heavy atom. The van der Waals surface area contributed by atoms with E-state index in [2.05, 4.69) is 56.7 Å². The number of benzene rings is 1. The standard InChI is InChI=1S/C26H35BN2O5/c1-24(2)25(3,4)34-27(33-24)19-8-9-21-20(17-19)23(28-29(21)22-7-5-6-14-30-22)18-10-12-26(13-11-18)31-15-16-32-26/h8-10,17,22H,5-7,11-16H2,1-4H3. The van der Waals surface area contributed by atoms with Gasteiger partial charge in [0.05, 0.1) is 35.6 Å². The average Bonchev–Trinajstić information content (AvgIpc) is 3.49. The molecule has 3 aliphatic heterocycles. The van der Waals surface area contributed by atoms with Gasteiger partial charge in [-0.1, -0.05) is 18.2 Å². The maximum absolute atomic E-state index is 6.35. The van der Waals surface area contributed by atoms with Gasteiger partial charge in [-0.3, -0.25) is 0 Å². The van der Waals surface area contributed by atoms with E-state index in [0.717, 1.165) is 67.2 Å². The van der Waals surface area contributed by atoms with Gasteiger partial charge in [0, 0.05) is 24.8 Å². The fraction of sp³-hybridized carbons (Fsp3) is 0.654. The summed E-state index contributed by atoms with van der Waals surface area (Å²) in [6, 6.07) is 6.46. The summed E-state index contributed by atoms with van der Waals surface area (Å²) in [5.74, 6) is -0.442. The van der Waals surface area contributed by atoms with Gasteiger partial charge >= 0.3 is 7.12 Å². The van der Waals surface area contributed by atoms with Gasteiger partial charge in [-0.2, -0.15) is 5.10 Å². The minimum Gasteiger partial charge on any atom is -0.399 e. The van der Waals surface area contributed by atoms with E-state index in [0.29, 0.717) is 13.2 Å². The summed E-state index contributed by atoms with van der Waals surface area (Å²) in [7, 11) is -0.402. The second kappa shape index (κ2) is 8.17. The highest BCUT2D eigenvalue weighted by molar-refractivity contribution is 6.62. The first-order chi connectivity index (χ1) is 16.3. The molecule has 1 aromatic heterocycles. The van der Waals surface area contributed by atoms with Gasteiger partial charge in [-0.25, -0.2) is 4.68 Å². The van der Waals surface area contributed by atoms with Crippen molar-refractivity contribution in [2.45, 2.75) is 89.4 Å². The van der Waals surface area contributed by atoms with Crippen LogP contribution in [0.5, 0.6) is 0 Å². The van der Waals surface area contributed by atoms with Gasteiger partial charge in [0.2, 0.25) is 0 Å². The summed E-state index contributed by atoms with van der Waals surface area (Å²) < 4.78 is 32.8. The number of ether oxygens (including phenoxy) is 3. The molecule has 1 atom stereocenters. The largest absolute Gasteiger partial charge is 0.494 e. The first-order valence-electron chi connectivity index (χ1n) is 12.7. The molecule has 0 amide bonds. The van der Waals surface area contributed by atoms with Crippen LogP contribution in [-0.4, -0.2) is 53.7 Å². The quantitative estimate of drug-likeness (QED) is 0.627. The van der Waals surface area contributed by atoms with Crippen LogP contribution in [0.1, 0.15) is 78.1 Å². The van der Waals surface area contributed by atoms with Crippen LogP contribution >= 0.6 is 0 Å². The molecule has 3 fully saturated rings. The molecule has 4 heterocycles. The lowest BCUT2D eigenvalue weighted by atomic mass is 9.78. The van der Waals surface area contributed by atoms with Gasteiger partial charge in [0.15, 0.2) is 12.0 Å². The van der Waals surface area contributed by atoms with Crippen LogP contribution in [0.3, 0.4) is 0 Å². The molecule has 8 heteroatoms. The molecule has 1 spiro atoms. The molecular formula is C26H35BN2O5. The predicted octanol–water partition coefficient (Wildman–Crippen LogP) is 4.35. The average molecular weight is 466 g/mol. The first-order valence-corrected chi connectivity index (χ1v) is 12.7. The fourth-order valence-electron chi connectivity index (χ4n) is 5.44. The van der Waals surface area contributed by atoms with E-state index < -0.39 is 12.9 Å². The van der Waals surface area contributed by atoms with Crippen LogP contribution in [0.4, 0.5) is 0 Å². The van der Waals surface area contributed by atoms with Crippen molar-refractivity contribution in [3.05, 3.63) is 30.0 Å². The molecule has 0 radical (unpaired) electrons. The van der Waals surface area contributed by atoms with Crippen molar-refractivity contribution in [2.24, 2.45) is 0 Å². The van der Waals surface area contributed by atoms with Crippen molar-refractivity contribution in [1.29, 1.82) is 0 Å². The van der Waals surface area contributed by atoms with Crippen molar-refractivity contribution >= 4 is 29.1 Å². The van der Waals surface area contributed by atoms with Gasteiger partial charge in [0.1, 0.15) is 0 Å². The van der Waals surface area contributed by atoms with Gasteiger partial charge in [-0.05, 0) is 70.5 Å². The molecule has 182 valence electrons. The van der Waals surface area contributed by atoms with Crippen LogP contribution in [0.25, 0.3) is 16.5 Å².